The molecule has 2 nitrogen and oxygen atoms in total. The summed E-state index contributed by atoms with van der Waals surface area (Å²) in [6.07, 6.45) is -1.08. The van der Waals surface area contributed by atoms with Crippen LogP contribution in [0.1, 0.15) is 31.4 Å². The minimum Gasteiger partial charge on any atom is -0.489 e. The lowest BCUT2D eigenvalue weighted by molar-refractivity contribution is -0.142. The van der Waals surface area contributed by atoms with Gasteiger partial charge in [-0.2, -0.15) is 13.2 Å². The van der Waals surface area contributed by atoms with Gasteiger partial charge in [0.2, 0.25) is 0 Å². The molecule has 9 heteroatoms. The van der Waals surface area contributed by atoms with E-state index in [-0.39, 0.29) is 33.2 Å². The number of hydrogen-bond donors (Lipinski definition) is 0. The second-order valence-electron chi connectivity index (χ2n) is 6.17. The molecule has 26 heavy (non-hydrogen) atoms. The number of ether oxygens (including phenoxy) is 1. The molecule has 0 radical (unpaired) electrons. The summed E-state index contributed by atoms with van der Waals surface area (Å²) in [6, 6.07) is 2.25. The molecule has 1 aromatic carbocycles. The minimum absolute atomic E-state index is 0.0392. The molecular weight excluding hydrogens is 417 g/mol. The molecule has 2 aromatic rings. The summed E-state index contributed by atoms with van der Waals surface area (Å²) < 4.78 is 60.6. The third-order valence-corrected chi connectivity index (χ3v) is 5.52. The molecule has 1 saturated carbocycles. The van der Waals surface area contributed by atoms with E-state index in [1.54, 1.807) is 0 Å². The van der Waals surface area contributed by atoms with Crippen molar-refractivity contribution >= 4 is 34.8 Å². The first-order chi connectivity index (χ1) is 12.1. The lowest BCUT2D eigenvalue weighted by Gasteiger charge is -2.16. The lowest BCUT2D eigenvalue weighted by Crippen LogP contribution is -2.11. The van der Waals surface area contributed by atoms with Gasteiger partial charge in [-0.1, -0.05) is 34.8 Å². The van der Waals surface area contributed by atoms with Crippen LogP contribution in [0.5, 0.6) is 5.75 Å². The molecule has 0 unspecified atom stereocenters. The zero-order valence-electron chi connectivity index (χ0n) is 13.6. The number of nitrogens with zero attached hydrogens (tertiary/aromatic N) is 1. The van der Waals surface area contributed by atoms with Crippen molar-refractivity contribution in [3.8, 4) is 16.9 Å². The summed E-state index contributed by atoms with van der Waals surface area (Å²) >= 11 is 18.0. The van der Waals surface area contributed by atoms with Gasteiger partial charge >= 0.3 is 6.18 Å². The Morgan fingerprint density at radius 2 is 1.73 bits per heavy atom. The summed E-state index contributed by atoms with van der Waals surface area (Å²) in [6.45, 7) is 0. The first-order valence-corrected chi connectivity index (χ1v) is 9.01. The molecular formula is C17H14Cl3F4NO. The Bertz CT molecular complexity index is 842. The molecule has 1 aromatic heterocycles. The maximum absolute atomic E-state index is 14.5. The van der Waals surface area contributed by atoms with Gasteiger partial charge in [0.1, 0.15) is 22.4 Å². The Balaban J connectivity index is 2.12. The van der Waals surface area contributed by atoms with Crippen LogP contribution in [-0.4, -0.2) is 10.7 Å². The smallest absolute Gasteiger partial charge is 0.432 e. The minimum atomic E-state index is -4.74. The maximum Gasteiger partial charge on any atom is 0.432 e. The van der Waals surface area contributed by atoms with Crippen molar-refractivity contribution in [3.05, 3.63) is 38.8 Å². The number of alkyl halides is 3. The third-order valence-electron chi connectivity index (χ3n) is 4.42. The van der Waals surface area contributed by atoms with Crippen LogP contribution in [0.3, 0.4) is 0 Å². The molecule has 3 rings (SSSR count). The molecule has 0 bridgehead atoms. The second kappa shape index (κ2) is 7.13. The molecule has 1 aliphatic rings. The van der Waals surface area contributed by atoms with Gasteiger partial charge < -0.3 is 9.30 Å². The van der Waals surface area contributed by atoms with Crippen molar-refractivity contribution < 1.29 is 22.3 Å². The average molecular weight is 431 g/mol. The Hall–Kier alpha value is -1.11. The van der Waals surface area contributed by atoms with Gasteiger partial charge in [-0.05, 0) is 37.8 Å². The van der Waals surface area contributed by atoms with Crippen LogP contribution in [0.25, 0.3) is 11.1 Å². The molecule has 0 N–H and O–H groups in total. The first kappa shape index (κ1) is 19.6. The van der Waals surface area contributed by atoms with Crippen molar-refractivity contribution in [1.29, 1.82) is 0 Å². The van der Waals surface area contributed by atoms with Crippen molar-refractivity contribution in [2.24, 2.45) is 7.05 Å². The highest BCUT2D eigenvalue weighted by Crippen LogP contribution is 2.47. The molecule has 0 saturated heterocycles. The van der Waals surface area contributed by atoms with Gasteiger partial charge in [0.25, 0.3) is 0 Å². The van der Waals surface area contributed by atoms with E-state index >= 15 is 0 Å². The Labute approximate surface area is 162 Å². The van der Waals surface area contributed by atoms with Gasteiger partial charge in [0.15, 0.2) is 0 Å². The normalized spacial score (nSPS) is 15.7. The highest BCUT2D eigenvalue weighted by atomic mass is 35.5. The summed E-state index contributed by atoms with van der Waals surface area (Å²) in [7, 11) is 1.12. The molecule has 0 amide bonds. The van der Waals surface area contributed by atoms with E-state index in [0.717, 1.165) is 38.8 Å². The van der Waals surface area contributed by atoms with Gasteiger partial charge in [0, 0.05) is 18.2 Å². The van der Waals surface area contributed by atoms with E-state index in [9.17, 15) is 17.6 Å². The highest BCUT2D eigenvalue weighted by molar-refractivity contribution is 6.40. The predicted octanol–water partition coefficient (Wildman–Crippen LogP) is 7.13. The van der Waals surface area contributed by atoms with E-state index in [1.807, 2.05) is 0 Å². The van der Waals surface area contributed by atoms with Crippen molar-refractivity contribution in [3.63, 3.8) is 0 Å². The fourth-order valence-electron chi connectivity index (χ4n) is 3.16. The quantitative estimate of drug-likeness (QED) is 0.472. The summed E-state index contributed by atoms with van der Waals surface area (Å²) in [5.74, 6) is -0.642. The van der Waals surface area contributed by atoms with Crippen LogP contribution in [0, 0.1) is 5.82 Å². The van der Waals surface area contributed by atoms with Crippen LogP contribution >= 0.6 is 34.8 Å². The number of benzene rings is 1. The number of rotatable bonds is 3. The van der Waals surface area contributed by atoms with E-state index in [1.165, 1.54) is 6.07 Å². The first-order valence-electron chi connectivity index (χ1n) is 7.88. The summed E-state index contributed by atoms with van der Waals surface area (Å²) in [5.41, 5.74) is -1.58. The SMILES string of the molecule is Cn1c(Cl)c(-c2cc(OC3CCCC3)c(Cl)cc2F)c(Cl)c1C(F)(F)F. The summed E-state index contributed by atoms with van der Waals surface area (Å²) in [4.78, 5) is 0. The Morgan fingerprint density at radius 1 is 1.12 bits per heavy atom. The van der Waals surface area contributed by atoms with E-state index < -0.39 is 22.7 Å². The predicted molar refractivity (Wildman–Crippen MR) is 93.7 cm³/mol. The van der Waals surface area contributed by atoms with Gasteiger partial charge in [-0.15, -0.1) is 0 Å². The molecule has 1 fully saturated rings. The molecule has 1 heterocycles. The second-order valence-corrected chi connectivity index (χ2v) is 7.32. The van der Waals surface area contributed by atoms with Gasteiger partial charge in [-0.25, -0.2) is 4.39 Å². The van der Waals surface area contributed by atoms with Crippen molar-refractivity contribution in [2.45, 2.75) is 38.0 Å². The van der Waals surface area contributed by atoms with E-state index in [0.29, 0.717) is 4.57 Å². The van der Waals surface area contributed by atoms with Crippen molar-refractivity contribution in [2.75, 3.05) is 0 Å². The molecule has 0 atom stereocenters. The molecule has 0 spiro atoms. The topological polar surface area (TPSA) is 14.2 Å². The summed E-state index contributed by atoms with van der Waals surface area (Å²) in [5, 5.41) is -0.953. The molecule has 1 aliphatic carbocycles. The lowest BCUT2D eigenvalue weighted by atomic mass is 10.1. The Morgan fingerprint density at radius 3 is 2.27 bits per heavy atom. The van der Waals surface area contributed by atoms with E-state index in [4.69, 9.17) is 39.5 Å². The molecule has 0 aliphatic heterocycles. The highest BCUT2D eigenvalue weighted by Gasteiger charge is 2.40. The number of aromatic nitrogens is 1. The van der Waals surface area contributed by atoms with Crippen LogP contribution in [0.15, 0.2) is 12.1 Å². The van der Waals surface area contributed by atoms with E-state index in [2.05, 4.69) is 0 Å². The van der Waals surface area contributed by atoms with Crippen LogP contribution in [0.2, 0.25) is 15.2 Å². The zero-order valence-corrected chi connectivity index (χ0v) is 15.8. The van der Waals surface area contributed by atoms with Crippen LogP contribution in [-0.2, 0) is 13.2 Å². The van der Waals surface area contributed by atoms with Crippen LogP contribution < -0.4 is 4.74 Å². The average Bonchev–Trinajstić information content (AvgIpc) is 3.10. The maximum atomic E-state index is 14.5. The number of halogens is 7. The monoisotopic (exact) mass is 429 g/mol. The largest absolute Gasteiger partial charge is 0.489 e. The molecule has 142 valence electrons. The van der Waals surface area contributed by atoms with Crippen molar-refractivity contribution in [1.82, 2.24) is 4.57 Å². The standard InChI is InChI=1S/C17H14Cl3F4NO/c1-25-15(17(22,23)24)14(19)13(16(25)20)9-6-12(10(18)7-11(9)21)26-8-4-2-3-5-8/h6-8H,2-5H2,1H3. The van der Waals surface area contributed by atoms with Gasteiger partial charge in [0.05, 0.1) is 16.1 Å². The van der Waals surface area contributed by atoms with Crippen LogP contribution in [0.4, 0.5) is 17.6 Å². The van der Waals surface area contributed by atoms with Gasteiger partial charge in [-0.3, -0.25) is 0 Å². The third kappa shape index (κ3) is 3.51. The fraction of sp³-hybridized carbons (Fsp3) is 0.412. The Kier molecular flexibility index (Phi) is 5.39. The number of hydrogen-bond acceptors (Lipinski definition) is 1. The zero-order chi connectivity index (χ0) is 19.2. The fourth-order valence-corrected chi connectivity index (χ4v) is 4.11.